The van der Waals surface area contributed by atoms with E-state index in [0.717, 1.165) is 25.3 Å². The predicted molar refractivity (Wildman–Crippen MR) is 71.6 cm³/mol. The third kappa shape index (κ3) is 2.81. The van der Waals surface area contributed by atoms with Gasteiger partial charge >= 0.3 is 0 Å². The van der Waals surface area contributed by atoms with Crippen molar-refractivity contribution in [1.29, 1.82) is 0 Å². The van der Waals surface area contributed by atoms with Crippen molar-refractivity contribution in [1.82, 2.24) is 5.32 Å². The smallest absolute Gasteiger partial charge is 0.122 e. The molecule has 0 aliphatic carbocycles. The molecule has 0 spiro atoms. The van der Waals surface area contributed by atoms with Crippen LogP contribution in [0.1, 0.15) is 38.7 Å². The summed E-state index contributed by atoms with van der Waals surface area (Å²) in [5, 5.41) is 3.68. The molecule has 94 valence electrons. The lowest BCUT2D eigenvalue weighted by Gasteiger charge is -2.29. The fourth-order valence-electron chi connectivity index (χ4n) is 2.76. The number of ether oxygens (including phenoxy) is 1. The zero-order chi connectivity index (χ0) is 12.1. The Labute approximate surface area is 104 Å². The second-order valence-electron chi connectivity index (χ2n) is 4.88. The van der Waals surface area contributed by atoms with Gasteiger partial charge in [0.05, 0.1) is 6.61 Å². The highest BCUT2D eigenvalue weighted by Gasteiger charge is 2.32. The van der Waals surface area contributed by atoms with Gasteiger partial charge in [-0.2, -0.15) is 0 Å². The molecule has 0 amide bonds. The third-order valence-electron chi connectivity index (χ3n) is 3.81. The maximum absolute atomic E-state index is 5.71. The van der Waals surface area contributed by atoms with Gasteiger partial charge in [-0.1, -0.05) is 25.1 Å². The molecule has 1 unspecified atom stereocenters. The van der Waals surface area contributed by atoms with Crippen molar-refractivity contribution in [3.05, 3.63) is 29.8 Å². The molecule has 2 heteroatoms. The molecule has 2 rings (SSSR count). The molecule has 0 bridgehead atoms. The first-order valence-corrected chi connectivity index (χ1v) is 6.75. The monoisotopic (exact) mass is 233 g/mol. The van der Waals surface area contributed by atoms with Gasteiger partial charge in [0.25, 0.3) is 0 Å². The van der Waals surface area contributed by atoms with Crippen LogP contribution in [0.15, 0.2) is 24.3 Å². The molecule has 0 saturated carbocycles. The van der Waals surface area contributed by atoms with Crippen molar-refractivity contribution in [2.24, 2.45) is 0 Å². The lowest BCUT2D eigenvalue weighted by atomic mass is 9.86. The molecule has 1 heterocycles. The second kappa shape index (κ2) is 5.54. The van der Waals surface area contributed by atoms with E-state index in [0.29, 0.717) is 5.54 Å². The first-order valence-electron chi connectivity index (χ1n) is 6.75. The minimum Gasteiger partial charge on any atom is -0.494 e. The Kier molecular flexibility index (Phi) is 4.06. The predicted octanol–water partition coefficient (Wildman–Crippen LogP) is 3.16. The lowest BCUT2D eigenvalue weighted by molar-refractivity contribution is 0.321. The van der Waals surface area contributed by atoms with Crippen LogP contribution in [-0.4, -0.2) is 18.7 Å². The highest BCUT2D eigenvalue weighted by atomic mass is 16.5. The van der Waals surface area contributed by atoms with Crippen molar-refractivity contribution in [2.75, 3.05) is 13.2 Å². The molecule has 1 atom stereocenters. The van der Waals surface area contributed by atoms with Crippen molar-refractivity contribution >= 4 is 0 Å². The molecule has 0 radical (unpaired) electrons. The van der Waals surface area contributed by atoms with Crippen LogP contribution < -0.4 is 10.1 Å². The molecule has 1 fully saturated rings. The van der Waals surface area contributed by atoms with E-state index in [9.17, 15) is 0 Å². The normalized spacial score (nSPS) is 23.9. The summed E-state index contributed by atoms with van der Waals surface area (Å²) in [6, 6.07) is 8.44. The van der Waals surface area contributed by atoms with Crippen LogP contribution in [0, 0.1) is 0 Å². The van der Waals surface area contributed by atoms with Gasteiger partial charge < -0.3 is 10.1 Å². The van der Waals surface area contributed by atoms with Gasteiger partial charge in [0.15, 0.2) is 0 Å². The molecule has 17 heavy (non-hydrogen) atoms. The fraction of sp³-hybridized carbons (Fsp3) is 0.600. The standard InChI is InChI=1S/C15H23NO/c1-3-15(10-7-11-16-15)12-13-8-5-6-9-14(13)17-4-2/h5-6,8-9,16H,3-4,7,10-12H2,1-2H3. The van der Waals surface area contributed by atoms with Crippen molar-refractivity contribution in [2.45, 2.75) is 45.1 Å². The van der Waals surface area contributed by atoms with E-state index in [2.05, 4.69) is 36.5 Å². The van der Waals surface area contributed by atoms with Gasteiger partial charge in [-0.05, 0) is 50.8 Å². The molecule has 1 aliphatic rings. The molecule has 1 aromatic carbocycles. The summed E-state index contributed by atoms with van der Waals surface area (Å²) < 4.78 is 5.71. The zero-order valence-electron chi connectivity index (χ0n) is 11.0. The topological polar surface area (TPSA) is 21.3 Å². The maximum atomic E-state index is 5.71. The van der Waals surface area contributed by atoms with E-state index in [4.69, 9.17) is 4.74 Å². The first kappa shape index (κ1) is 12.4. The summed E-state index contributed by atoms with van der Waals surface area (Å²) in [5.74, 6) is 1.05. The van der Waals surface area contributed by atoms with Crippen LogP contribution in [-0.2, 0) is 6.42 Å². The van der Waals surface area contributed by atoms with Crippen LogP contribution in [0.25, 0.3) is 0 Å². The van der Waals surface area contributed by atoms with E-state index in [1.807, 2.05) is 6.92 Å². The van der Waals surface area contributed by atoms with Crippen LogP contribution >= 0.6 is 0 Å². The molecule has 1 saturated heterocycles. The van der Waals surface area contributed by atoms with Gasteiger partial charge in [0, 0.05) is 5.54 Å². The van der Waals surface area contributed by atoms with Gasteiger partial charge in [-0.15, -0.1) is 0 Å². The molecule has 1 aliphatic heterocycles. The van der Waals surface area contributed by atoms with Crippen LogP contribution in [0.2, 0.25) is 0 Å². The Morgan fingerprint density at radius 1 is 1.29 bits per heavy atom. The number of hydrogen-bond acceptors (Lipinski definition) is 2. The summed E-state index contributed by atoms with van der Waals surface area (Å²) in [6.45, 7) is 6.22. The van der Waals surface area contributed by atoms with E-state index >= 15 is 0 Å². The Bertz CT molecular complexity index is 356. The Morgan fingerprint density at radius 2 is 2.12 bits per heavy atom. The summed E-state index contributed by atoms with van der Waals surface area (Å²) in [4.78, 5) is 0. The van der Waals surface area contributed by atoms with Gasteiger partial charge in [0.2, 0.25) is 0 Å². The number of hydrogen-bond donors (Lipinski definition) is 1. The quantitative estimate of drug-likeness (QED) is 0.843. The number of nitrogens with one attached hydrogen (secondary N) is 1. The Balaban J connectivity index is 2.16. The molecule has 1 N–H and O–H groups in total. The SMILES string of the molecule is CCOc1ccccc1CC1(CC)CCCN1. The zero-order valence-corrected chi connectivity index (χ0v) is 11.0. The lowest BCUT2D eigenvalue weighted by Crippen LogP contribution is -2.41. The fourth-order valence-corrected chi connectivity index (χ4v) is 2.76. The van der Waals surface area contributed by atoms with E-state index in [-0.39, 0.29) is 0 Å². The highest BCUT2D eigenvalue weighted by molar-refractivity contribution is 5.35. The van der Waals surface area contributed by atoms with Crippen LogP contribution in [0.5, 0.6) is 5.75 Å². The minimum absolute atomic E-state index is 0.299. The van der Waals surface area contributed by atoms with Crippen molar-refractivity contribution in [3.8, 4) is 5.75 Å². The number of para-hydroxylation sites is 1. The summed E-state index contributed by atoms with van der Waals surface area (Å²) in [5.41, 5.74) is 1.64. The average Bonchev–Trinajstić information content (AvgIpc) is 2.81. The Morgan fingerprint density at radius 3 is 2.76 bits per heavy atom. The molecule has 0 aromatic heterocycles. The Hall–Kier alpha value is -1.02. The summed E-state index contributed by atoms with van der Waals surface area (Å²) in [7, 11) is 0. The van der Waals surface area contributed by atoms with Gasteiger partial charge in [-0.3, -0.25) is 0 Å². The first-order chi connectivity index (χ1) is 8.29. The summed E-state index contributed by atoms with van der Waals surface area (Å²) in [6.07, 6.45) is 4.85. The molecule has 2 nitrogen and oxygen atoms in total. The highest BCUT2D eigenvalue weighted by Crippen LogP contribution is 2.30. The average molecular weight is 233 g/mol. The van der Waals surface area contributed by atoms with Crippen LogP contribution in [0.4, 0.5) is 0 Å². The van der Waals surface area contributed by atoms with Crippen molar-refractivity contribution in [3.63, 3.8) is 0 Å². The third-order valence-corrected chi connectivity index (χ3v) is 3.81. The van der Waals surface area contributed by atoms with E-state index < -0.39 is 0 Å². The van der Waals surface area contributed by atoms with Gasteiger partial charge in [0.1, 0.15) is 5.75 Å². The maximum Gasteiger partial charge on any atom is 0.122 e. The number of benzene rings is 1. The molecular weight excluding hydrogens is 210 g/mol. The van der Waals surface area contributed by atoms with E-state index in [1.54, 1.807) is 0 Å². The minimum atomic E-state index is 0.299. The van der Waals surface area contributed by atoms with Crippen LogP contribution in [0.3, 0.4) is 0 Å². The number of rotatable bonds is 5. The molecular formula is C15H23NO. The van der Waals surface area contributed by atoms with Gasteiger partial charge in [-0.25, -0.2) is 0 Å². The second-order valence-corrected chi connectivity index (χ2v) is 4.88. The summed E-state index contributed by atoms with van der Waals surface area (Å²) >= 11 is 0. The van der Waals surface area contributed by atoms with E-state index in [1.165, 1.54) is 24.8 Å². The molecule has 1 aromatic rings. The van der Waals surface area contributed by atoms with Crippen molar-refractivity contribution < 1.29 is 4.74 Å². The largest absolute Gasteiger partial charge is 0.494 e.